The van der Waals surface area contributed by atoms with Crippen LogP contribution < -0.4 is 11.1 Å². The molecule has 1 aromatic carbocycles. The van der Waals surface area contributed by atoms with E-state index in [0.717, 1.165) is 0 Å². The fourth-order valence-electron chi connectivity index (χ4n) is 2.99. The lowest BCUT2D eigenvalue weighted by Gasteiger charge is -2.11. The zero-order valence-corrected chi connectivity index (χ0v) is 18.1. The van der Waals surface area contributed by atoms with Crippen LogP contribution in [0.25, 0.3) is 21.6 Å². The van der Waals surface area contributed by atoms with Gasteiger partial charge in [0.05, 0.1) is 10.4 Å². The summed E-state index contributed by atoms with van der Waals surface area (Å²) < 4.78 is 0. The third-order valence-corrected chi connectivity index (χ3v) is 6.14. The number of carbonyl (C=O) groups is 1. The summed E-state index contributed by atoms with van der Waals surface area (Å²) in [4.78, 5) is 16.8. The van der Waals surface area contributed by atoms with Gasteiger partial charge in [-0.3, -0.25) is 4.79 Å². The number of anilines is 1. The standard InChI is InChI=1S/C20H16Cl2N6OS/c1-10(29)27-17-6-11(4-5-26-17)19-14(8-23)18(20(30-19)16(9-24)28-25)13-3-2-12(21)7-15(13)22/h2-7,16,25H,9,24H2,1H3,(H,26,27,29). The molecular weight excluding hydrogens is 443 g/mol. The predicted octanol–water partition coefficient (Wildman–Crippen LogP) is 5.64. The third-order valence-electron chi connectivity index (χ3n) is 4.26. The zero-order valence-electron chi connectivity index (χ0n) is 15.7. The number of halogens is 2. The molecule has 0 aliphatic heterocycles. The number of benzene rings is 1. The third kappa shape index (κ3) is 4.35. The number of pyridine rings is 1. The Hall–Kier alpha value is -2.83. The molecule has 0 fully saturated rings. The molecule has 0 bridgehead atoms. The van der Waals surface area contributed by atoms with Crippen molar-refractivity contribution in [1.82, 2.24) is 4.98 Å². The molecule has 0 aliphatic rings. The average Bonchev–Trinajstić information content (AvgIpc) is 3.08. The number of nitrogens with two attached hydrogens (primary N) is 1. The van der Waals surface area contributed by atoms with Gasteiger partial charge in [-0.1, -0.05) is 29.3 Å². The topological polar surface area (TPSA) is 128 Å². The molecule has 7 nitrogen and oxygen atoms in total. The van der Waals surface area contributed by atoms with Gasteiger partial charge < -0.3 is 11.1 Å². The summed E-state index contributed by atoms with van der Waals surface area (Å²) in [5.41, 5.74) is 15.6. The number of hydrogen-bond donors (Lipinski definition) is 3. The van der Waals surface area contributed by atoms with E-state index in [-0.39, 0.29) is 12.5 Å². The van der Waals surface area contributed by atoms with Gasteiger partial charge in [-0.15, -0.1) is 11.3 Å². The van der Waals surface area contributed by atoms with Crippen LogP contribution in [0.3, 0.4) is 0 Å². The van der Waals surface area contributed by atoms with Gasteiger partial charge in [-0.2, -0.15) is 10.4 Å². The van der Waals surface area contributed by atoms with Gasteiger partial charge in [-0.05, 0) is 29.8 Å². The van der Waals surface area contributed by atoms with E-state index in [1.807, 2.05) is 0 Å². The van der Waals surface area contributed by atoms with Crippen molar-refractivity contribution >= 4 is 46.3 Å². The van der Waals surface area contributed by atoms with E-state index < -0.39 is 6.04 Å². The molecule has 0 saturated heterocycles. The van der Waals surface area contributed by atoms with Crippen molar-refractivity contribution in [3.8, 4) is 27.6 Å². The first-order valence-electron chi connectivity index (χ1n) is 8.72. The largest absolute Gasteiger partial charge is 0.328 e. The number of aromatic nitrogens is 1. The number of amides is 1. The second kappa shape index (κ2) is 9.32. The Labute approximate surface area is 187 Å². The van der Waals surface area contributed by atoms with E-state index >= 15 is 0 Å². The number of hydrogen-bond acceptors (Lipinski definition) is 7. The quantitative estimate of drug-likeness (QED) is 0.412. The summed E-state index contributed by atoms with van der Waals surface area (Å²) in [6.07, 6.45) is 1.55. The fourth-order valence-corrected chi connectivity index (χ4v) is 4.81. The minimum Gasteiger partial charge on any atom is -0.328 e. The van der Waals surface area contributed by atoms with Crippen molar-refractivity contribution in [1.29, 1.82) is 10.8 Å². The maximum absolute atomic E-state index is 11.4. The Morgan fingerprint density at radius 3 is 2.77 bits per heavy atom. The van der Waals surface area contributed by atoms with Gasteiger partial charge in [0.1, 0.15) is 17.9 Å². The van der Waals surface area contributed by atoms with Gasteiger partial charge in [0.25, 0.3) is 0 Å². The number of nitrogens with zero attached hydrogens (tertiary/aromatic N) is 3. The van der Waals surface area contributed by atoms with Crippen LogP contribution in [-0.2, 0) is 4.79 Å². The maximum Gasteiger partial charge on any atom is 0.222 e. The molecule has 3 rings (SSSR count). The van der Waals surface area contributed by atoms with Crippen molar-refractivity contribution in [2.75, 3.05) is 11.9 Å². The monoisotopic (exact) mass is 458 g/mol. The van der Waals surface area contributed by atoms with Crippen LogP contribution >= 0.6 is 34.5 Å². The molecule has 1 amide bonds. The van der Waals surface area contributed by atoms with Crippen LogP contribution in [0.1, 0.15) is 23.4 Å². The number of nitrogens with one attached hydrogen (secondary N) is 2. The molecule has 0 aliphatic carbocycles. The first kappa shape index (κ1) is 21.9. The predicted molar refractivity (Wildman–Crippen MR) is 119 cm³/mol. The van der Waals surface area contributed by atoms with Crippen molar-refractivity contribution in [3.05, 3.63) is 57.0 Å². The summed E-state index contributed by atoms with van der Waals surface area (Å²) in [5, 5.41) is 17.1. The molecule has 0 spiro atoms. The minimum absolute atomic E-state index is 0.0972. The van der Waals surface area contributed by atoms with Crippen molar-refractivity contribution in [3.63, 3.8) is 0 Å². The Balaban J connectivity index is 2.30. The van der Waals surface area contributed by atoms with Crippen molar-refractivity contribution in [2.24, 2.45) is 10.8 Å². The molecule has 152 valence electrons. The summed E-state index contributed by atoms with van der Waals surface area (Å²) in [5.74, 6) is 0.113. The molecule has 1 atom stereocenters. The molecule has 1 unspecified atom stereocenters. The average molecular weight is 459 g/mol. The first-order valence-corrected chi connectivity index (χ1v) is 10.3. The molecule has 4 N–H and O–H groups in total. The van der Waals surface area contributed by atoms with Gasteiger partial charge in [0.2, 0.25) is 5.91 Å². The van der Waals surface area contributed by atoms with Crippen LogP contribution in [0.5, 0.6) is 0 Å². The van der Waals surface area contributed by atoms with Crippen LogP contribution in [0.2, 0.25) is 10.0 Å². The molecule has 2 heterocycles. The first-order chi connectivity index (χ1) is 14.4. The normalized spacial score (nSPS) is 11.6. The van der Waals surface area contributed by atoms with Gasteiger partial charge >= 0.3 is 0 Å². The molecule has 30 heavy (non-hydrogen) atoms. The Morgan fingerprint density at radius 1 is 1.40 bits per heavy atom. The van der Waals surface area contributed by atoms with Gasteiger partial charge in [-0.25, -0.2) is 10.5 Å². The lowest BCUT2D eigenvalue weighted by atomic mass is 9.96. The maximum atomic E-state index is 11.4. The lowest BCUT2D eigenvalue weighted by Crippen LogP contribution is -2.09. The van der Waals surface area contributed by atoms with Gasteiger partial charge in [0.15, 0.2) is 0 Å². The van der Waals surface area contributed by atoms with Crippen LogP contribution in [0, 0.1) is 16.9 Å². The van der Waals surface area contributed by atoms with E-state index in [2.05, 4.69) is 21.5 Å². The number of rotatable bonds is 6. The smallest absolute Gasteiger partial charge is 0.222 e. The summed E-state index contributed by atoms with van der Waals surface area (Å²) in [7, 11) is 0. The second-order valence-electron chi connectivity index (χ2n) is 6.27. The summed E-state index contributed by atoms with van der Waals surface area (Å²) >= 11 is 13.8. The van der Waals surface area contributed by atoms with Crippen LogP contribution in [0.15, 0.2) is 41.6 Å². The Kier molecular flexibility index (Phi) is 6.80. The SMILES string of the molecule is CC(=O)Nc1cc(-c2sc(C(CN)N=N)c(-c3ccc(Cl)cc3Cl)c2C#N)ccn1. The molecule has 0 saturated carbocycles. The van der Waals surface area contributed by atoms with E-state index in [0.29, 0.717) is 47.9 Å². The number of nitriles is 1. The number of carbonyl (C=O) groups excluding carboxylic acids is 1. The molecule has 10 heteroatoms. The highest BCUT2D eigenvalue weighted by molar-refractivity contribution is 7.16. The fraction of sp³-hybridized carbons (Fsp3) is 0.150. The van der Waals surface area contributed by atoms with Crippen molar-refractivity contribution in [2.45, 2.75) is 13.0 Å². The van der Waals surface area contributed by atoms with Crippen LogP contribution in [0.4, 0.5) is 5.82 Å². The Morgan fingerprint density at radius 2 is 2.17 bits per heavy atom. The van der Waals surface area contributed by atoms with E-state index in [9.17, 15) is 10.1 Å². The van der Waals surface area contributed by atoms with Gasteiger partial charge in [0, 0.05) is 45.7 Å². The Bertz CT molecular complexity index is 1170. The van der Waals surface area contributed by atoms with E-state index in [1.54, 1.807) is 36.5 Å². The number of thiophene rings is 1. The highest BCUT2D eigenvalue weighted by Crippen LogP contribution is 2.47. The molecular formula is C20H16Cl2N6OS. The van der Waals surface area contributed by atoms with Crippen LogP contribution in [-0.4, -0.2) is 17.4 Å². The summed E-state index contributed by atoms with van der Waals surface area (Å²) in [6, 6.07) is 10.1. The van der Waals surface area contributed by atoms with Crippen molar-refractivity contribution < 1.29 is 4.79 Å². The minimum atomic E-state index is -0.630. The zero-order chi connectivity index (χ0) is 21.8. The second-order valence-corrected chi connectivity index (χ2v) is 8.17. The molecule has 2 aromatic heterocycles. The highest BCUT2D eigenvalue weighted by atomic mass is 35.5. The lowest BCUT2D eigenvalue weighted by molar-refractivity contribution is -0.114. The summed E-state index contributed by atoms with van der Waals surface area (Å²) in [6.45, 7) is 1.49. The molecule has 0 radical (unpaired) electrons. The highest BCUT2D eigenvalue weighted by Gasteiger charge is 2.27. The van der Waals surface area contributed by atoms with E-state index in [1.165, 1.54) is 18.3 Å². The molecule has 3 aromatic rings. The van der Waals surface area contributed by atoms with E-state index in [4.69, 9.17) is 34.5 Å².